The Morgan fingerprint density at radius 2 is 1.91 bits per heavy atom. The first kappa shape index (κ1) is 26.3. The number of amidine groups is 1. The highest BCUT2D eigenvalue weighted by Crippen LogP contribution is 2.30. The molecular weight excluding hydrogens is 388 g/mol. The Morgan fingerprint density at radius 1 is 1.45 bits per heavy atom. The number of thioether (sulfide) groups is 1. The van der Waals surface area contributed by atoms with Crippen molar-refractivity contribution in [1.29, 1.82) is 0 Å². The van der Waals surface area contributed by atoms with Crippen molar-refractivity contribution in [3.05, 3.63) is 0 Å². The van der Waals surface area contributed by atoms with Gasteiger partial charge in [-0.3, -0.25) is 14.6 Å². The van der Waals surface area contributed by atoms with Gasteiger partial charge in [0.2, 0.25) is 5.91 Å². The summed E-state index contributed by atoms with van der Waals surface area (Å²) in [6.45, 7) is 7.16. The maximum absolute atomic E-state index is 11.1. The molecule has 0 saturated carbocycles. The molecular formula is C13H25BrN4O2S2. The van der Waals surface area contributed by atoms with Crippen LogP contribution in [0.3, 0.4) is 0 Å². The highest BCUT2D eigenvalue weighted by atomic mass is 79.9. The summed E-state index contributed by atoms with van der Waals surface area (Å²) in [6, 6.07) is 0. The lowest BCUT2D eigenvalue weighted by atomic mass is 10.2. The van der Waals surface area contributed by atoms with Crippen LogP contribution in [0.5, 0.6) is 0 Å². The van der Waals surface area contributed by atoms with Crippen LogP contribution in [0.15, 0.2) is 9.98 Å². The Balaban J connectivity index is -0.000000285. The third-order valence-electron chi connectivity index (χ3n) is 1.98. The number of alkyl halides is 1. The summed E-state index contributed by atoms with van der Waals surface area (Å²) in [5.41, 5.74) is 4.50. The minimum atomic E-state index is -0.612. The van der Waals surface area contributed by atoms with E-state index in [1.54, 1.807) is 20.9 Å². The second kappa shape index (κ2) is 11.9. The SMILES string of the molecule is C.CC(C)(Br)C(=O)N=C=S.CN.CN=C1NC(=O)C(C)(C)S1. The molecule has 0 spiro atoms. The van der Waals surface area contributed by atoms with Gasteiger partial charge in [-0.05, 0) is 47.0 Å². The van der Waals surface area contributed by atoms with Gasteiger partial charge in [0.05, 0.1) is 9.91 Å². The summed E-state index contributed by atoms with van der Waals surface area (Å²) in [5.74, 6) is -0.268. The zero-order valence-corrected chi connectivity index (χ0v) is 16.2. The lowest BCUT2D eigenvalue weighted by Crippen LogP contribution is -2.30. The van der Waals surface area contributed by atoms with Crippen molar-refractivity contribution in [2.75, 3.05) is 14.1 Å². The van der Waals surface area contributed by atoms with Crippen LogP contribution in [0.25, 0.3) is 0 Å². The molecule has 0 aromatic carbocycles. The number of hydrogen-bond donors (Lipinski definition) is 2. The number of amides is 2. The zero-order chi connectivity index (χ0) is 17.3. The average molecular weight is 413 g/mol. The molecule has 1 fully saturated rings. The van der Waals surface area contributed by atoms with Gasteiger partial charge >= 0.3 is 0 Å². The number of aliphatic imine (C=N–C) groups is 2. The van der Waals surface area contributed by atoms with Crippen molar-refractivity contribution in [3.8, 4) is 0 Å². The van der Waals surface area contributed by atoms with Crippen molar-refractivity contribution in [1.82, 2.24) is 5.32 Å². The van der Waals surface area contributed by atoms with Gasteiger partial charge in [0.1, 0.15) is 4.32 Å². The normalized spacial score (nSPS) is 16.7. The maximum atomic E-state index is 11.1. The molecule has 3 N–H and O–H groups in total. The second-order valence-corrected chi connectivity index (χ2v) is 8.35. The number of nitrogens with two attached hydrogens (primary N) is 1. The number of nitrogens with one attached hydrogen (secondary N) is 1. The lowest BCUT2D eigenvalue weighted by molar-refractivity contribution is -0.121. The molecule has 0 bridgehead atoms. The van der Waals surface area contributed by atoms with Gasteiger partial charge in [0.25, 0.3) is 5.91 Å². The molecule has 128 valence electrons. The van der Waals surface area contributed by atoms with Gasteiger partial charge in [-0.25, -0.2) is 0 Å². The second-order valence-electron chi connectivity index (χ2n) is 4.58. The molecule has 1 aliphatic heterocycles. The van der Waals surface area contributed by atoms with Crippen molar-refractivity contribution in [2.24, 2.45) is 15.7 Å². The Bertz CT molecular complexity index is 453. The largest absolute Gasteiger partial charge is 0.333 e. The predicted molar refractivity (Wildman–Crippen MR) is 103 cm³/mol. The number of hydrogen-bond acceptors (Lipinski definition) is 6. The topological polar surface area (TPSA) is 96.9 Å². The Kier molecular flexibility index (Phi) is 14.2. The van der Waals surface area contributed by atoms with E-state index in [0.717, 1.165) is 5.17 Å². The Hall–Kier alpha value is -0.600. The molecule has 1 aliphatic rings. The van der Waals surface area contributed by atoms with E-state index in [9.17, 15) is 9.59 Å². The van der Waals surface area contributed by atoms with Gasteiger partial charge in [-0.1, -0.05) is 35.1 Å². The summed E-state index contributed by atoms with van der Waals surface area (Å²) in [4.78, 5) is 28.9. The molecule has 22 heavy (non-hydrogen) atoms. The van der Waals surface area contributed by atoms with Crippen LogP contribution in [0, 0.1) is 0 Å². The molecule has 0 aromatic heterocycles. The minimum Gasteiger partial charge on any atom is -0.333 e. The number of thiocarbonyl (C=S) groups is 1. The molecule has 0 aliphatic carbocycles. The average Bonchev–Trinajstić information content (AvgIpc) is 2.66. The van der Waals surface area contributed by atoms with Crippen LogP contribution in [0.1, 0.15) is 35.1 Å². The lowest BCUT2D eigenvalue weighted by Gasteiger charge is -2.08. The molecule has 0 aromatic rings. The van der Waals surface area contributed by atoms with E-state index in [-0.39, 0.29) is 24.0 Å². The Morgan fingerprint density at radius 3 is 2.05 bits per heavy atom. The number of nitrogens with zero attached hydrogens (tertiary/aromatic N) is 2. The van der Waals surface area contributed by atoms with E-state index in [4.69, 9.17) is 0 Å². The smallest absolute Gasteiger partial charge is 0.270 e. The monoisotopic (exact) mass is 412 g/mol. The summed E-state index contributed by atoms with van der Waals surface area (Å²) in [7, 11) is 3.17. The summed E-state index contributed by atoms with van der Waals surface area (Å²) in [5, 5.41) is 5.39. The van der Waals surface area contributed by atoms with Crippen molar-refractivity contribution in [3.63, 3.8) is 0 Å². The predicted octanol–water partition coefficient (Wildman–Crippen LogP) is 2.61. The van der Waals surface area contributed by atoms with Gasteiger partial charge in [-0.2, -0.15) is 4.99 Å². The van der Waals surface area contributed by atoms with E-state index in [0.29, 0.717) is 0 Å². The van der Waals surface area contributed by atoms with Crippen LogP contribution in [-0.2, 0) is 9.59 Å². The molecule has 1 rings (SSSR count). The third-order valence-corrected chi connectivity index (χ3v) is 3.58. The molecule has 2 amide bonds. The highest BCUT2D eigenvalue weighted by molar-refractivity contribution is 9.10. The molecule has 0 atom stereocenters. The highest BCUT2D eigenvalue weighted by Gasteiger charge is 2.37. The molecule has 1 heterocycles. The number of carbonyl (C=O) groups is 2. The van der Waals surface area contributed by atoms with Crippen molar-refractivity contribution in [2.45, 2.75) is 44.2 Å². The molecule has 0 radical (unpaired) electrons. The number of isothiocyanates is 1. The number of carbonyl (C=O) groups excluding carboxylic acids is 2. The van der Waals surface area contributed by atoms with Gasteiger partial charge < -0.3 is 11.1 Å². The molecule has 6 nitrogen and oxygen atoms in total. The van der Waals surface area contributed by atoms with Crippen LogP contribution in [-0.4, -0.2) is 45.3 Å². The van der Waals surface area contributed by atoms with E-state index in [1.807, 2.05) is 19.0 Å². The van der Waals surface area contributed by atoms with Gasteiger partial charge in [0, 0.05) is 7.05 Å². The van der Waals surface area contributed by atoms with E-state index >= 15 is 0 Å². The van der Waals surface area contributed by atoms with Crippen LogP contribution < -0.4 is 11.1 Å². The van der Waals surface area contributed by atoms with Crippen molar-refractivity contribution < 1.29 is 9.59 Å². The van der Waals surface area contributed by atoms with Crippen LogP contribution in [0.4, 0.5) is 0 Å². The summed E-state index contributed by atoms with van der Waals surface area (Å²) in [6.07, 6.45) is 0. The molecule has 9 heteroatoms. The van der Waals surface area contributed by atoms with E-state index < -0.39 is 4.32 Å². The molecule has 0 unspecified atom stereocenters. The number of rotatable bonds is 1. The Labute approximate surface area is 150 Å². The third kappa shape index (κ3) is 10.2. The fourth-order valence-electron chi connectivity index (χ4n) is 0.837. The minimum absolute atomic E-state index is 0. The fourth-order valence-corrected chi connectivity index (χ4v) is 1.87. The molecule has 1 saturated heterocycles. The van der Waals surface area contributed by atoms with Crippen molar-refractivity contribution >= 4 is 62.1 Å². The fraction of sp³-hybridized carbons (Fsp3) is 0.692. The first-order valence-corrected chi connectivity index (χ1v) is 7.92. The summed E-state index contributed by atoms with van der Waals surface area (Å²) >= 11 is 8.82. The number of halogens is 1. The van der Waals surface area contributed by atoms with E-state index in [1.165, 1.54) is 18.8 Å². The van der Waals surface area contributed by atoms with E-state index in [2.05, 4.69) is 49.2 Å². The van der Waals surface area contributed by atoms with Gasteiger partial charge in [0.15, 0.2) is 5.17 Å². The quantitative estimate of drug-likeness (QED) is 0.391. The zero-order valence-electron chi connectivity index (χ0n) is 13.0. The van der Waals surface area contributed by atoms with Gasteiger partial charge in [-0.15, -0.1) is 0 Å². The van der Waals surface area contributed by atoms with Crippen LogP contribution >= 0.6 is 39.9 Å². The standard InChI is InChI=1S/C6H10N2OS.C5H6BrNOS.CH5N.CH4/c1-6(2)4(9)8-5(7-3)10-6;1-5(2,6)4(8)7-3-9;1-2;/h1-3H3,(H,7,8,9);1-2H3;2H2,1H3;1H4. The first-order valence-electron chi connectivity index (χ1n) is 5.90. The first-order chi connectivity index (χ1) is 9.54. The summed E-state index contributed by atoms with van der Waals surface area (Å²) < 4.78 is -0.951. The van der Waals surface area contributed by atoms with Crippen LogP contribution in [0.2, 0.25) is 0 Å². The maximum Gasteiger partial charge on any atom is 0.270 e.